The number of nitrogens with one attached hydrogen (secondary N) is 1. The van der Waals surface area contributed by atoms with Gasteiger partial charge in [0.2, 0.25) is 10.0 Å². The minimum atomic E-state index is -3.47. The van der Waals surface area contributed by atoms with Crippen LogP contribution in [-0.4, -0.2) is 50.7 Å². The fourth-order valence-electron chi connectivity index (χ4n) is 2.30. The summed E-state index contributed by atoms with van der Waals surface area (Å²) in [5.74, 6) is 0.751. The summed E-state index contributed by atoms with van der Waals surface area (Å²) in [6, 6.07) is 3.26. The molecule has 2 N–H and O–H groups in total. The van der Waals surface area contributed by atoms with Gasteiger partial charge in [-0.15, -0.1) is 11.3 Å². The summed E-state index contributed by atoms with van der Waals surface area (Å²) in [4.78, 5) is 2.20. The van der Waals surface area contributed by atoms with Gasteiger partial charge in [0.15, 0.2) is 0 Å². The third-order valence-electron chi connectivity index (χ3n) is 3.61. The quantitative estimate of drug-likeness (QED) is 0.825. The molecule has 114 valence electrons. The zero-order chi connectivity index (χ0) is 14.6. The highest BCUT2D eigenvalue weighted by Crippen LogP contribution is 2.17. The van der Waals surface area contributed by atoms with Crippen LogP contribution in [0.3, 0.4) is 0 Å². The number of β-amino-alcohol motifs (C(OH)–C–C–N with tert-alkyl or cyclic N) is 1. The standard InChI is InChI=1S/C13H22N2O3S2/c1-11-4-6-15(7-5-11)10-12(16)9-14-20(17,18)13-3-2-8-19-13/h2-3,8,11-12,14,16H,4-7,9-10H2,1H3. The van der Waals surface area contributed by atoms with E-state index in [-0.39, 0.29) is 10.8 Å². The Morgan fingerprint density at radius 2 is 2.20 bits per heavy atom. The molecule has 7 heteroatoms. The second-order valence-corrected chi connectivity index (χ2v) is 8.36. The van der Waals surface area contributed by atoms with Gasteiger partial charge in [-0.05, 0) is 43.3 Å². The van der Waals surface area contributed by atoms with Crippen molar-refractivity contribution in [1.29, 1.82) is 0 Å². The van der Waals surface area contributed by atoms with Crippen molar-refractivity contribution in [1.82, 2.24) is 9.62 Å². The molecule has 0 aliphatic carbocycles. The number of nitrogens with zero attached hydrogens (tertiary/aromatic N) is 1. The van der Waals surface area contributed by atoms with E-state index in [4.69, 9.17) is 0 Å². The van der Waals surface area contributed by atoms with Gasteiger partial charge in [-0.25, -0.2) is 13.1 Å². The number of rotatable bonds is 6. The van der Waals surface area contributed by atoms with Crippen LogP contribution in [0, 0.1) is 5.92 Å². The first-order valence-corrected chi connectivity index (χ1v) is 9.27. The molecule has 1 aliphatic rings. The molecule has 0 radical (unpaired) electrons. The SMILES string of the molecule is CC1CCN(CC(O)CNS(=O)(=O)c2cccs2)CC1. The van der Waals surface area contributed by atoms with Gasteiger partial charge < -0.3 is 10.0 Å². The minimum Gasteiger partial charge on any atom is -0.390 e. The third-order valence-corrected chi connectivity index (χ3v) is 6.44. The molecule has 0 bridgehead atoms. The normalized spacial score (nSPS) is 20.1. The van der Waals surface area contributed by atoms with Crippen molar-refractivity contribution < 1.29 is 13.5 Å². The lowest BCUT2D eigenvalue weighted by molar-refractivity contribution is 0.0942. The third kappa shape index (κ3) is 4.53. The Morgan fingerprint density at radius 1 is 1.50 bits per heavy atom. The fraction of sp³-hybridized carbons (Fsp3) is 0.692. The first-order chi connectivity index (χ1) is 9.47. The first kappa shape index (κ1) is 15.9. The first-order valence-electron chi connectivity index (χ1n) is 6.91. The molecule has 1 fully saturated rings. The van der Waals surface area contributed by atoms with Gasteiger partial charge in [-0.2, -0.15) is 0 Å². The van der Waals surface area contributed by atoms with Crippen LogP contribution in [0.5, 0.6) is 0 Å². The molecule has 1 aromatic heterocycles. The Balaban J connectivity index is 1.76. The van der Waals surface area contributed by atoms with Crippen LogP contribution in [-0.2, 0) is 10.0 Å². The number of aliphatic hydroxyl groups excluding tert-OH is 1. The number of hydrogen-bond donors (Lipinski definition) is 2. The van der Waals surface area contributed by atoms with E-state index in [2.05, 4.69) is 16.5 Å². The van der Waals surface area contributed by atoms with Gasteiger partial charge in [0.25, 0.3) is 0 Å². The lowest BCUT2D eigenvalue weighted by Crippen LogP contribution is -2.42. The van der Waals surface area contributed by atoms with E-state index in [1.807, 2.05) is 0 Å². The molecule has 0 amide bonds. The van der Waals surface area contributed by atoms with Gasteiger partial charge in [-0.3, -0.25) is 0 Å². The Morgan fingerprint density at radius 3 is 2.80 bits per heavy atom. The second kappa shape index (κ2) is 7.00. The summed E-state index contributed by atoms with van der Waals surface area (Å²) in [5.41, 5.74) is 0. The van der Waals surface area contributed by atoms with Crippen molar-refractivity contribution in [3.63, 3.8) is 0 Å². The summed E-state index contributed by atoms with van der Waals surface area (Å²) in [5, 5.41) is 11.7. The predicted octanol–water partition coefficient (Wildman–Crippen LogP) is 1.12. The van der Waals surface area contributed by atoms with Crippen molar-refractivity contribution in [2.45, 2.75) is 30.1 Å². The maximum atomic E-state index is 11.9. The van der Waals surface area contributed by atoms with E-state index in [0.717, 1.165) is 31.8 Å². The molecule has 2 rings (SSSR count). The van der Waals surface area contributed by atoms with Gasteiger partial charge in [0.1, 0.15) is 4.21 Å². The lowest BCUT2D eigenvalue weighted by Gasteiger charge is -2.31. The Bertz CT molecular complexity index is 494. The van der Waals surface area contributed by atoms with Gasteiger partial charge in [-0.1, -0.05) is 13.0 Å². The van der Waals surface area contributed by atoms with Crippen molar-refractivity contribution in [3.8, 4) is 0 Å². The van der Waals surface area contributed by atoms with Crippen LogP contribution in [0.25, 0.3) is 0 Å². The van der Waals surface area contributed by atoms with E-state index in [9.17, 15) is 13.5 Å². The molecule has 1 aromatic rings. The highest BCUT2D eigenvalue weighted by atomic mass is 32.2. The summed E-state index contributed by atoms with van der Waals surface area (Å²) in [6.45, 7) is 4.79. The van der Waals surface area contributed by atoms with Crippen molar-refractivity contribution in [3.05, 3.63) is 17.5 Å². The fourth-order valence-corrected chi connectivity index (χ4v) is 4.41. The molecule has 1 unspecified atom stereocenters. The van der Waals surface area contributed by atoms with Crippen LogP contribution in [0.15, 0.2) is 21.7 Å². The topological polar surface area (TPSA) is 69.6 Å². The van der Waals surface area contributed by atoms with E-state index in [1.165, 1.54) is 11.3 Å². The number of sulfonamides is 1. The van der Waals surface area contributed by atoms with Crippen LogP contribution >= 0.6 is 11.3 Å². The lowest BCUT2D eigenvalue weighted by atomic mass is 9.99. The smallest absolute Gasteiger partial charge is 0.250 e. The zero-order valence-corrected chi connectivity index (χ0v) is 13.3. The molecular formula is C13H22N2O3S2. The van der Waals surface area contributed by atoms with E-state index >= 15 is 0 Å². The molecule has 0 aromatic carbocycles. The molecule has 1 saturated heterocycles. The number of piperidine rings is 1. The largest absolute Gasteiger partial charge is 0.390 e. The number of hydrogen-bond acceptors (Lipinski definition) is 5. The van der Waals surface area contributed by atoms with Gasteiger partial charge >= 0.3 is 0 Å². The van der Waals surface area contributed by atoms with E-state index in [1.54, 1.807) is 17.5 Å². The highest BCUT2D eigenvalue weighted by Gasteiger charge is 2.20. The minimum absolute atomic E-state index is 0.0618. The molecular weight excluding hydrogens is 296 g/mol. The summed E-state index contributed by atoms with van der Waals surface area (Å²) >= 11 is 1.17. The Kier molecular flexibility index (Phi) is 5.57. The average molecular weight is 318 g/mol. The molecule has 1 aliphatic heterocycles. The summed E-state index contributed by atoms with van der Waals surface area (Å²) < 4.78 is 26.6. The number of likely N-dealkylation sites (tertiary alicyclic amines) is 1. The Labute approximate surface area is 124 Å². The molecule has 20 heavy (non-hydrogen) atoms. The summed E-state index contributed by atoms with van der Waals surface area (Å²) in [6.07, 6.45) is 1.62. The van der Waals surface area contributed by atoms with Crippen LogP contribution in [0.2, 0.25) is 0 Å². The number of aliphatic hydroxyl groups is 1. The molecule has 2 heterocycles. The van der Waals surface area contributed by atoms with Gasteiger partial charge in [0.05, 0.1) is 6.10 Å². The molecule has 1 atom stereocenters. The predicted molar refractivity (Wildman–Crippen MR) is 80.4 cm³/mol. The summed E-state index contributed by atoms with van der Waals surface area (Å²) in [7, 11) is -3.47. The van der Waals surface area contributed by atoms with E-state index in [0.29, 0.717) is 6.54 Å². The van der Waals surface area contributed by atoms with Crippen molar-refractivity contribution in [2.75, 3.05) is 26.2 Å². The van der Waals surface area contributed by atoms with Crippen molar-refractivity contribution in [2.24, 2.45) is 5.92 Å². The molecule has 0 spiro atoms. The molecule has 5 nitrogen and oxygen atoms in total. The molecule has 0 saturated carbocycles. The maximum Gasteiger partial charge on any atom is 0.250 e. The van der Waals surface area contributed by atoms with Crippen LogP contribution < -0.4 is 4.72 Å². The average Bonchev–Trinajstić information content (AvgIpc) is 2.94. The zero-order valence-electron chi connectivity index (χ0n) is 11.7. The van der Waals surface area contributed by atoms with Gasteiger partial charge in [0, 0.05) is 13.1 Å². The number of thiophene rings is 1. The second-order valence-electron chi connectivity index (χ2n) is 5.42. The Hall–Kier alpha value is -0.470. The monoisotopic (exact) mass is 318 g/mol. The van der Waals surface area contributed by atoms with Crippen LogP contribution in [0.4, 0.5) is 0 Å². The van der Waals surface area contributed by atoms with Crippen LogP contribution in [0.1, 0.15) is 19.8 Å². The highest BCUT2D eigenvalue weighted by molar-refractivity contribution is 7.91. The van der Waals surface area contributed by atoms with E-state index < -0.39 is 16.1 Å². The van der Waals surface area contributed by atoms with Crippen molar-refractivity contribution >= 4 is 21.4 Å². The maximum absolute atomic E-state index is 11.9.